The quantitative estimate of drug-likeness (QED) is 0.810. The van der Waals surface area contributed by atoms with Gasteiger partial charge in [0, 0.05) is 55.7 Å². The summed E-state index contributed by atoms with van der Waals surface area (Å²) >= 11 is 1.44. The molecule has 2 amide bonds. The molecule has 2 bridgehead atoms. The maximum absolute atomic E-state index is 13.0. The zero-order valence-electron chi connectivity index (χ0n) is 15.8. The zero-order chi connectivity index (χ0) is 19.1. The maximum atomic E-state index is 13.0. The molecule has 0 spiro atoms. The van der Waals surface area contributed by atoms with E-state index in [-0.39, 0.29) is 17.9 Å². The molecule has 6 rings (SSSR count). The van der Waals surface area contributed by atoms with E-state index in [9.17, 15) is 9.59 Å². The summed E-state index contributed by atoms with van der Waals surface area (Å²) in [6.45, 7) is 6.30. The van der Waals surface area contributed by atoms with Crippen molar-refractivity contribution in [2.45, 2.75) is 18.9 Å². The third-order valence-corrected chi connectivity index (χ3v) is 7.31. The first-order valence-corrected chi connectivity index (χ1v) is 11.0. The number of carbonyl (C=O) groups excluding carboxylic acids is 2. The first-order chi connectivity index (χ1) is 13.7. The minimum atomic E-state index is -0.118. The van der Waals surface area contributed by atoms with Crippen molar-refractivity contribution < 1.29 is 9.59 Å². The van der Waals surface area contributed by atoms with Crippen LogP contribution in [-0.2, 0) is 0 Å². The van der Waals surface area contributed by atoms with Crippen molar-refractivity contribution in [1.82, 2.24) is 25.4 Å². The number of fused-ring (bicyclic) bond motifs is 4. The number of carbonyl (C=O) groups is 2. The van der Waals surface area contributed by atoms with Crippen LogP contribution >= 0.6 is 11.3 Å². The van der Waals surface area contributed by atoms with Gasteiger partial charge in [0.05, 0.1) is 10.3 Å². The molecular formula is C20H25N5O2S. The molecule has 0 unspecified atom stereocenters. The summed E-state index contributed by atoms with van der Waals surface area (Å²) in [5, 5.41) is 9.20. The monoisotopic (exact) mass is 399 g/mol. The number of nitrogens with one attached hydrogen (secondary N) is 2. The van der Waals surface area contributed by atoms with Gasteiger partial charge in [-0.15, -0.1) is 11.3 Å². The van der Waals surface area contributed by atoms with Gasteiger partial charge in [-0.3, -0.25) is 9.59 Å². The van der Waals surface area contributed by atoms with Crippen molar-refractivity contribution in [1.29, 1.82) is 0 Å². The van der Waals surface area contributed by atoms with Crippen LogP contribution in [0.4, 0.5) is 0 Å². The van der Waals surface area contributed by atoms with E-state index in [0.29, 0.717) is 30.3 Å². The van der Waals surface area contributed by atoms with Gasteiger partial charge in [-0.05, 0) is 37.9 Å². The SMILES string of the molecule is O=C(N[C@H]1CN2CCC1CC2)c1nccc2c(C(=O)N3CCNCC3)csc12. The van der Waals surface area contributed by atoms with Gasteiger partial charge < -0.3 is 20.4 Å². The van der Waals surface area contributed by atoms with Gasteiger partial charge in [0.1, 0.15) is 5.69 Å². The highest BCUT2D eigenvalue weighted by molar-refractivity contribution is 7.18. The molecule has 28 heavy (non-hydrogen) atoms. The minimum Gasteiger partial charge on any atom is -0.346 e. The molecule has 4 saturated heterocycles. The van der Waals surface area contributed by atoms with E-state index in [1.54, 1.807) is 6.20 Å². The Bertz CT molecular complexity index is 899. The predicted octanol–water partition coefficient (Wildman–Crippen LogP) is 1.17. The van der Waals surface area contributed by atoms with Gasteiger partial charge in [0.25, 0.3) is 11.8 Å². The zero-order valence-corrected chi connectivity index (χ0v) is 16.6. The molecule has 4 aliphatic rings. The van der Waals surface area contributed by atoms with Gasteiger partial charge in [-0.2, -0.15) is 0 Å². The van der Waals surface area contributed by atoms with Crippen molar-refractivity contribution in [3.8, 4) is 0 Å². The molecule has 0 saturated carbocycles. The van der Waals surface area contributed by atoms with Crippen LogP contribution in [0.5, 0.6) is 0 Å². The molecule has 2 aromatic heterocycles. The Kier molecular flexibility index (Phi) is 4.78. The lowest BCUT2D eigenvalue weighted by Gasteiger charge is -2.44. The molecule has 2 N–H and O–H groups in total. The number of rotatable bonds is 3. The van der Waals surface area contributed by atoms with E-state index in [4.69, 9.17) is 0 Å². The number of thiophene rings is 1. The summed E-state index contributed by atoms with van der Waals surface area (Å²) in [6.07, 6.45) is 3.96. The summed E-state index contributed by atoms with van der Waals surface area (Å²) in [5.74, 6) is 0.497. The van der Waals surface area contributed by atoms with Crippen LogP contribution in [0.1, 0.15) is 33.7 Å². The van der Waals surface area contributed by atoms with E-state index < -0.39 is 0 Å². The summed E-state index contributed by atoms with van der Waals surface area (Å²) in [7, 11) is 0. The van der Waals surface area contributed by atoms with Gasteiger partial charge in [-0.25, -0.2) is 4.98 Å². The van der Waals surface area contributed by atoms with E-state index in [1.165, 1.54) is 11.3 Å². The molecular weight excluding hydrogens is 374 g/mol. The van der Waals surface area contributed by atoms with Crippen molar-refractivity contribution in [3.05, 3.63) is 28.9 Å². The molecule has 0 aliphatic carbocycles. The fourth-order valence-electron chi connectivity index (χ4n) is 4.69. The number of hydrogen-bond acceptors (Lipinski definition) is 6. The second kappa shape index (κ2) is 7.42. The van der Waals surface area contributed by atoms with E-state index in [0.717, 1.165) is 55.7 Å². The number of pyridine rings is 1. The standard InChI is InChI=1S/C20H25N5O2S/c26-19(23-16-11-24-7-2-13(16)3-8-24)17-18-14(1-4-22-17)15(12-28-18)20(27)25-9-5-21-6-10-25/h1,4,12-13,16,21H,2-3,5-11H2,(H,23,26)/t16-/m0/s1. The molecule has 6 heterocycles. The number of amides is 2. The molecule has 0 radical (unpaired) electrons. The van der Waals surface area contributed by atoms with Crippen molar-refractivity contribution >= 4 is 33.2 Å². The largest absolute Gasteiger partial charge is 0.346 e. The molecule has 0 aromatic carbocycles. The van der Waals surface area contributed by atoms with Crippen LogP contribution in [0.15, 0.2) is 17.6 Å². The van der Waals surface area contributed by atoms with Gasteiger partial charge in [0.2, 0.25) is 0 Å². The Morgan fingerprint density at radius 2 is 1.96 bits per heavy atom. The predicted molar refractivity (Wildman–Crippen MR) is 109 cm³/mol. The lowest BCUT2D eigenvalue weighted by atomic mass is 9.84. The lowest BCUT2D eigenvalue weighted by Crippen LogP contribution is -2.57. The number of piperazine rings is 1. The second-order valence-corrected chi connectivity index (χ2v) is 8.83. The first kappa shape index (κ1) is 18.0. The van der Waals surface area contributed by atoms with Crippen molar-refractivity contribution in [3.63, 3.8) is 0 Å². The highest BCUT2D eigenvalue weighted by Crippen LogP contribution is 2.31. The lowest BCUT2D eigenvalue weighted by molar-refractivity contribution is 0.0618. The summed E-state index contributed by atoms with van der Waals surface area (Å²) < 4.78 is 0.805. The van der Waals surface area contributed by atoms with Gasteiger partial charge in [0.15, 0.2) is 0 Å². The average molecular weight is 400 g/mol. The summed E-state index contributed by atoms with van der Waals surface area (Å²) in [6, 6.07) is 2.06. The fraction of sp³-hybridized carbons (Fsp3) is 0.550. The van der Waals surface area contributed by atoms with Crippen LogP contribution in [0.25, 0.3) is 10.1 Å². The van der Waals surface area contributed by atoms with E-state index in [2.05, 4.69) is 20.5 Å². The molecule has 2 aromatic rings. The Morgan fingerprint density at radius 1 is 1.18 bits per heavy atom. The summed E-state index contributed by atoms with van der Waals surface area (Å²) in [5.41, 5.74) is 1.12. The Labute approximate surface area is 168 Å². The van der Waals surface area contributed by atoms with Gasteiger partial charge >= 0.3 is 0 Å². The van der Waals surface area contributed by atoms with Crippen LogP contribution in [0.2, 0.25) is 0 Å². The van der Waals surface area contributed by atoms with Crippen LogP contribution in [0, 0.1) is 5.92 Å². The smallest absolute Gasteiger partial charge is 0.271 e. The second-order valence-electron chi connectivity index (χ2n) is 7.95. The van der Waals surface area contributed by atoms with Crippen LogP contribution in [0.3, 0.4) is 0 Å². The third-order valence-electron chi connectivity index (χ3n) is 6.31. The average Bonchev–Trinajstić information content (AvgIpc) is 3.19. The normalized spacial score (nSPS) is 27.1. The minimum absolute atomic E-state index is 0.0442. The molecule has 4 fully saturated rings. The topological polar surface area (TPSA) is 77.6 Å². The van der Waals surface area contributed by atoms with Crippen molar-refractivity contribution in [2.75, 3.05) is 45.8 Å². The molecule has 4 aliphatic heterocycles. The Balaban J connectivity index is 1.39. The Morgan fingerprint density at radius 3 is 2.68 bits per heavy atom. The molecule has 8 heteroatoms. The highest BCUT2D eigenvalue weighted by atomic mass is 32.1. The maximum Gasteiger partial charge on any atom is 0.271 e. The first-order valence-electron chi connectivity index (χ1n) is 10.1. The Hall–Kier alpha value is -2.03. The van der Waals surface area contributed by atoms with Crippen LogP contribution < -0.4 is 10.6 Å². The molecule has 1 atom stereocenters. The highest BCUT2D eigenvalue weighted by Gasteiger charge is 2.35. The van der Waals surface area contributed by atoms with Crippen LogP contribution in [-0.4, -0.2) is 78.5 Å². The number of aromatic nitrogens is 1. The summed E-state index contributed by atoms with van der Waals surface area (Å²) in [4.78, 5) is 34.6. The van der Waals surface area contributed by atoms with Gasteiger partial charge in [-0.1, -0.05) is 0 Å². The van der Waals surface area contributed by atoms with E-state index in [1.807, 2.05) is 16.3 Å². The number of hydrogen-bond donors (Lipinski definition) is 2. The van der Waals surface area contributed by atoms with E-state index >= 15 is 0 Å². The fourth-order valence-corrected chi connectivity index (χ4v) is 5.72. The third kappa shape index (κ3) is 3.19. The number of piperidine rings is 3. The number of nitrogens with zero attached hydrogens (tertiary/aromatic N) is 3. The van der Waals surface area contributed by atoms with Crippen molar-refractivity contribution in [2.24, 2.45) is 5.92 Å². The molecule has 7 nitrogen and oxygen atoms in total. The molecule has 148 valence electrons.